The van der Waals surface area contributed by atoms with Crippen molar-refractivity contribution in [1.29, 1.82) is 5.26 Å². The minimum absolute atomic E-state index is 0.433. The molecule has 6 nitrogen and oxygen atoms in total. The van der Waals surface area contributed by atoms with Crippen molar-refractivity contribution in [2.75, 3.05) is 5.32 Å². The predicted octanol–water partition coefficient (Wildman–Crippen LogP) is 2.35. The molecule has 0 fully saturated rings. The number of fused-ring (bicyclic) bond motifs is 1. The summed E-state index contributed by atoms with van der Waals surface area (Å²) >= 11 is 0. The number of benzene rings is 1. The van der Waals surface area contributed by atoms with E-state index < -0.39 is 0 Å². The third-order valence-corrected chi connectivity index (χ3v) is 3.17. The van der Waals surface area contributed by atoms with Gasteiger partial charge in [-0.1, -0.05) is 30.3 Å². The summed E-state index contributed by atoms with van der Waals surface area (Å²) in [6, 6.07) is 12.2. The minimum Gasteiger partial charge on any atom is -0.364 e. The molecule has 104 valence electrons. The van der Waals surface area contributed by atoms with Crippen LogP contribution in [0.4, 0.5) is 5.82 Å². The zero-order valence-electron chi connectivity index (χ0n) is 11.4. The third kappa shape index (κ3) is 2.82. The summed E-state index contributed by atoms with van der Waals surface area (Å²) in [5.41, 5.74) is 2.65. The standard InChI is InChI=1S/C15H14N6/c16-7-4-8-21-11-20-13-14(18-10-19-15(13)21)17-9-12-5-2-1-3-6-12/h1-3,5-6,10-11H,4,8-9H2,(H,17,18,19). The van der Waals surface area contributed by atoms with Crippen molar-refractivity contribution in [3.63, 3.8) is 0 Å². The second-order valence-corrected chi connectivity index (χ2v) is 4.58. The maximum atomic E-state index is 8.67. The van der Waals surface area contributed by atoms with Crippen LogP contribution in [0.2, 0.25) is 0 Å². The van der Waals surface area contributed by atoms with Gasteiger partial charge in [0.2, 0.25) is 0 Å². The largest absolute Gasteiger partial charge is 0.364 e. The Morgan fingerprint density at radius 1 is 1.14 bits per heavy atom. The van der Waals surface area contributed by atoms with Gasteiger partial charge in [0.05, 0.1) is 18.8 Å². The van der Waals surface area contributed by atoms with Crippen LogP contribution in [0.25, 0.3) is 11.2 Å². The number of nitriles is 1. The first-order valence-electron chi connectivity index (χ1n) is 6.69. The average molecular weight is 278 g/mol. The van der Waals surface area contributed by atoms with E-state index in [0.29, 0.717) is 25.3 Å². The van der Waals surface area contributed by atoms with Crippen LogP contribution in [0.5, 0.6) is 0 Å². The van der Waals surface area contributed by atoms with Gasteiger partial charge in [-0.25, -0.2) is 15.0 Å². The summed E-state index contributed by atoms with van der Waals surface area (Å²) < 4.78 is 1.87. The summed E-state index contributed by atoms with van der Waals surface area (Å²) in [7, 11) is 0. The van der Waals surface area contributed by atoms with Gasteiger partial charge in [0.15, 0.2) is 11.5 Å². The highest BCUT2D eigenvalue weighted by atomic mass is 15.1. The smallest absolute Gasteiger partial charge is 0.165 e. The first-order valence-corrected chi connectivity index (χ1v) is 6.69. The molecule has 0 aliphatic heterocycles. The average Bonchev–Trinajstić information content (AvgIpc) is 2.95. The molecule has 2 heterocycles. The van der Waals surface area contributed by atoms with Crippen LogP contribution in [-0.2, 0) is 13.1 Å². The second kappa shape index (κ2) is 6.01. The van der Waals surface area contributed by atoms with Crippen molar-refractivity contribution in [1.82, 2.24) is 19.5 Å². The first kappa shape index (κ1) is 13.1. The quantitative estimate of drug-likeness (QED) is 0.775. The Labute approximate surface area is 122 Å². The predicted molar refractivity (Wildman–Crippen MR) is 79.3 cm³/mol. The molecule has 0 saturated carbocycles. The van der Waals surface area contributed by atoms with Gasteiger partial charge in [0, 0.05) is 13.1 Å². The zero-order chi connectivity index (χ0) is 14.5. The normalized spacial score (nSPS) is 10.4. The fourth-order valence-electron chi connectivity index (χ4n) is 2.13. The first-order chi connectivity index (χ1) is 10.4. The molecule has 1 N–H and O–H groups in total. The second-order valence-electron chi connectivity index (χ2n) is 4.58. The Balaban J connectivity index is 1.83. The molecule has 0 atom stereocenters. The summed E-state index contributed by atoms with van der Waals surface area (Å²) in [4.78, 5) is 12.9. The Morgan fingerprint density at radius 3 is 2.81 bits per heavy atom. The molecular formula is C15H14N6. The summed E-state index contributed by atoms with van der Waals surface area (Å²) in [6.45, 7) is 1.26. The lowest BCUT2D eigenvalue weighted by Crippen LogP contribution is -2.03. The van der Waals surface area contributed by atoms with Crippen LogP contribution in [0.3, 0.4) is 0 Å². The van der Waals surface area contributed by atoms with Gasteiger partial charge in [-0.3, -0.25) is 0 Å². The molecule has 0 bridgehead atoms. The molecule has 0 amide bonds. The molecular weight excluding hydrogens is 264 g/mol. The van der Waals surface area contributed by atoms with Crippen LogP contribution >= 0.6 is 0 Å². The van der Waals surface area contributed by atoms with Gasteiger partial charge >= 0.3 is 0 Å². The lowest BCUT2D eigenvalue weighted by molar-refractivity contribution is 0.729. The number of anilines is 1. The SMILES string of the molecule is N#CCCn1cnc2c(NCc3ccccc3)ncnc21. The molecule has 3 aromatic rings. The fraction of sp³-hybridized carbons (Fsp3) is 0.200. The van der Waals surface area contributed by atoms with E-state index in [-0.39, 0.29) is 0 Å². The van der Waals surface area contributed by atoms with Crippen LogP contribution in [0, 0.1) is 11.3 Å². The molecule has 0 unspecified atom stereocenters. The number of hydrogen-bond acceptors (Lipinski definition) is 5. The van der Waals surface area contributed by atoms with Crippen LogP contribution in [0.15, 0.2) is 43.0 Å². The fourth-order valence-corrected chi connectivity index (χ4v) is 2.13. The lowest BCUT2D eigenvalue weighted by Gasteiger charge is -2.06. The highest BCUT2D eigenvalue weighted by Gasteiger charge is 2.09. The molecule has 0 radical (unpaired) electrons. The maximum Gasteiger partial charge on any atom is 0.165 e. The topological polar surface area (TPSA) is 79.4 Å². The van der Waals surface area contributed by atoms with E-state index in [1.165, 1.54) is 11.9 Å². The summed E-state index contributed by atoms with van der Waals surface area (Å²) in [5, 5.41) is 12.0. The van der Waals surface area contributed by atoms with Gasteiger partial charge < -0.3 is 9.88 Å². The number of imidazole rings is 1. The molecule has 21 heavy (non-hydrogen) atoms. The van der Waals surface area contributed by atoms with Crippen molar-refractivity contribution >= 4 is 17.0 Å². The molecule has 2 aromatic heterocycles. The van der Waals surface area contributed by atoms with E-state index in [9.17, 15) is 0 Å². The molecule has 0 aliphatic rings. The third-order valence-electron chi connectivity index (χ3n) is 3.17. The van der Waals surface area contributed by atoms with Crippen molar-refractivity contribution in [2.45, 2.75) is 19.5 Å². The van der Waals surface area contributed by atoms with Gasteiger partial charge in [0.25, 0.3) is 0 Å². The Bertz CT molecular complexity index is 772. The van der Waals surface area contributed by atoms with E-state index >= 15 is 0 Å². The Morgan fingerprint density at radius 2 is 2.00 bits per heavy atom. The number of hydrogen-bond donors (Lipinski definition) is 1. The molecule has 3 rings (SSSR count). The van der Waals surface area contributed by atoms with E-state index in [1.807, 2.05) is 22.8 Å². The monoisotopic (exact) mass is 278 g/mol. The van der Waals surface area contributed by atoms with Crippen molar-refractivity contribution < 1.29 is 0 Å². The van der Waals surface area contributed by atoms with Gasteiger partial charge in [-0.05, 0) is 5.56 Å². The molecule has 0 aliphatic carbocycles. The van der Waals surface area contributed by atoms with Gasteiger partial charge in [-0.2, -0.15) is 5.26 Å². The number of nitrogens with one attached hydrogen (secondary N) is 1. The van der Waals surface area contributed by atoms with E-state index in [4.69, 9.17) is 5.26 Å². The Kier molecular flexibility index (Phi) is 3.74. The van der Waals surface area contributed by atoms with Crippen LogP contribution in [0.1, 0.15) is 12.0 Å². The number of aromatic nitrogens is 4. The maximum absolute atomic E-state index is 8.67. The summed E-state index contributed by atoms with van der Waals surface area (Å²) in [5.74, 6) is 0.708. The number of nitrogens with zero attached hydrogens (tertiary/aromatic N) is 5. The zero-order valence-corrected chi connectivity index (χ0v) is 11.4. The van der Waals surface area contributed by atoms with Crippen LogP contribution in [-0.4, -0.2) is 19.5 Å². The molecule has 1 aromatic carbocycles. The lowest BCUT2D eigenvalue weighted by atomic mass is 10.2. The molecule has 0 saturated heterocycles. The molecule has 0 spiro atoms. The highest BCUT2D eigenvalue weighted by molar-refractivity contribution is 5.82. The van der Waals surface area contributed by atoms with Crippen molar-refractivity contribution in [3.8, 4) is 6.07 Å². The number of rotatable bonds is 5. The minimum atomic E-state index is 0.433. The van der Waals surface area contributed by atoms with Crippen molar-refractivity contribution in [3.05, 3.63) is 48.5 Å². The highest BCUT2D eigenvalue weighted by Crippen LogP contribution is 2.18. The van der Waals surface area contributed by atoms with Gasteiger partial charge in [0.1, 0.15) is 11.8 Å². The van der Waals surface area contributed by atoms with Crippen molar-refractivity contribution in [2.24, 2.45) is 0 Å². The van der Waals surface area contributed by atoms with Gasteiger partial charge in [-0.15, -0.1) is 0 Å². The van der Waals surface area contributed by atoms with E-state index in [2.05, 4.69) is 38.5 Å². The molecule has 6 heteroatoms. The summed E-state index contributed by atoms with van der Waals surface area (Å²) in [6.07, 6.45) is 3.65. The van der Waals surface area contributed by atoms with Crippen LogP contribution < -0.4 is 5.32 Å². The Hall–Kier alpha value is -2.94. The number of aryl methyl sites for hydroxylation is 1. The van der Waals surface area contributed by atoms with E-state index in [1.54, 1.807) is 6.33 Å². The van der Waals surface area contributed by atoms with E-state index in [0.717, 1.165) is 11.2 Å².